The molecular weight excluding hydrogens is 372 g/mol. The molecule has 7 nitrogen and oxygen atoms in total. The number of benzene rings is 2. The number of hydrogen-bond acceptors (Lipinski definition) is 5. The summed E-state index contributed by atoms with van der Waals surface area (Å²) in [4.78, 5) is 23.9. The third kappa shape index (κ3) is 3.50. The second-order valence-corrected chi connectivity index (χ2v) is 7.12. The van der Waals surface area contributed by atoms with Gasteiger partial charge in [0.05, 0.1) is 11.7 Å². The Hall–Kier alpha value is -3.16. The lowest BCUT2D eigenvalue weighted by Crippen LogP contribution is -2.45. The first-order chi connectivity index (χ1) is 14.0. The van der Waals surface area contributed by atoms with E-state index in [1.807, 2.05) is 42.5 Å². The van der Waals surface area contributed by atoms with E-state index in [1.54, 1.807) is 6.92 Å². The fourth-order valence-electron chi connectivity index (χ4n) is 3.69. The van der Waals surface area contributed by atoms with Crippen molar-refractivity contribution in [3.05, 3.63) is 64.7 Å². The van der Waals surface area contributed by atoms with Crippen molar-refractivity contribution in [3.8, 4) is 0 Å². The van der Waals surface area contributed by atoms with E-state index in [4.69, 9.17) is 9.47 Å². The summed E-state index contributed by atoms with van der Waals surface area (Å²) in [5, 5.41) is 15.3. The summed E-state index contributed by atoms with van der Waals surface area (Å²) in [5.41, 5.74) is 4.95. The van der Waals surface area contributed by atoms with Gasteiger partial charge >= 0.3 is 5.97 Å². The highest BCUT2D eigenvalue weighted by Crippen LogP contribution is 2.41. The summed E-state index contributed by atoms with van der Waals surface area (Å²) < 4.78 is 11.0. The van der Waals surface area contributed by atoms with Gasteiger partial charge in [-0.05, 0) is 18.6 Å². The first kappa shape index (κ1) is 19.2. The maximum absolute atomic E-state index is 12.5. The summed E-state index contributed by atoms with van der Waals surface area (Å²) in [6.07, 6.45) is -0.456. The summed E-state index contributed by atoms with van der Waals surface area (Å²) in [5.74, 6) is -0.544. The highest BCUT2D eigenvalue weighted by Gasteiger charge is 2.32. The van der Waals surface area contributed by atoms with E-state index in [-0.39, 0.29) is 5.91 Å². The molecule has 2 atom stereocenters. The summed E-state index contributed by atoms with van der Waals surface area (Å²) in [7, 11) is 1.49. The van der Waals surface area contributed by atoms with Crippen LogP contribution in [0.2, 0.25) is 0 Å². The SMILES string of the molecule is CO[C@H](C)[C@H](NCc1ccc2c(c1)CO/C2=C1/C(=O)Nc2ccccc21)C(=O)O. The molecule has 1 amide bonds. The van der Waals surface area contributed by atoms with Crippen molar-refractivity contribution in [1.82, 2.24) is 5.32 Å². The van der Waals surface area contributed by atoms with Crippen molar-refractivity contribution in [2.75, 3.05) is 12.4 Å². The van der Waals surface area contributed by atoms with Crippen LogP contribution >= 0.6 is 0 Å². The molecule has 0 fully saturated rings. The summed E-state index contributed by atoms with van der Waals surface area (Å²) >= 11 is 0. The standard InChI is InChI=1S/C22H22N2O5/c1-12(28-2)19(22(26)27)23-10-13-7-8-15-14(9-13)11-29-20(15)18-16-5-3-4-6-17(16)24-21(18)25/h3-9,12,19,23H,10-11H2,1-2H3,(H,24,25)(H,26,27)/b20-18+/t12-,19+/m1/s1. The number of fused-ring (bicyclic) bond motifs is 2. The molecule has 0 spiro atoms. The van der Waals surface area contributed by atoms with Crippen molar-refractivity contribution in [2.45, 2.75) is 32.2 Å². The number of nitrogens with one attached hydrogen (secondary N) is 2. The number of aliphatic carboxylic acids is 1. The fraction of sp³-hybridized carbons (Fsp3) is 0.273. The second-order valence-electron chi connectivity index (χ2n) is 7.12. The molecule has 2 aliphatic rings. The lowest BCUT2D eigenvalue weighted by molar-refractivity contribution is -0.142. The maximum Gasteiger partial charge on any atom is 0.323 e. The average Bonchev–Trinajstić information content (AvgIpc) is 3.26. The maximum atomic E-state index is 12.5. The van der Waals surface area contributed by atoms with Gasteiger partial charge in [-0.2, -0.15) is 0 Å². The molecule has 0 aromatic heterocycles. The minimum absolute atomic E-state index is 0.169. The van der Waals surface area contributed by atoms with Crippen LogP contribution in [0.4, 0.5) is 5.69 Å². The fourth-order valence-corrected chi connectivity index (χ4v) is 3.69. The molecule has 0 saturated carbocycles. The van der Waals surface area contributed by atoms with Crippen LogP contribution < -0.4 is 10.6 Å². The molecule has 2 heterocycles. The van der Waals surface area contributed by atoms with E-state index < -0.39 is 18.1 Å². The van der Waals surface area contributed by atoms with Gasteiger partial charge in [-0.25, -0.2) is 0 Å². The van der Waals surface area contributed by atoms with E-state index in [1.165, 1.54) is 7.11 Å². The van der Waals surface area contributed by atoms with Crippen LogP contribution in [0.5, 0.6) is 0 Å². The highest BCUT2D eigenvalue weighted by molar-refractivity contribution is 6.36. The molecule has 0 aliphatic carbocycles. The first-order valence-electron chi connectivity index (χ1n) is 9.38. The van der Waals surface area contributed by atoms with Gasteiger partial charge in [-0.3, -0.25) is 14.9 Å². The van der Waals surface area contributed by atoms with Crippen LogP contribution in [-0.4, -0.2) is 36.2 Å². The number of carboxylic acid groups (broad SMARTS) is 1. The molecule has 2 aromatic carbocycles. The third-order valence-electron chi connectivity index (χ3n) is 5.32. The van der Waals surface area contributed by atoms with E-state index in [0.29, 0.717) is 24.5 Å². The third-order valence-corrected chi connectivity index (χ3v) is 5.32. The zero-order valence-electron chi connectivity index (χ0n) is 16.2. The lowest BCUT2D eigenvalue weighted by atomic mass is 9.99. The van der Waals surface area contributed by atoms with Gasteiger partial charge in [0.25, 0.3) is 5.91 Å². The van der Waals surface area contributed by atoms with Gasteiger partial charge in [0.1, 0.15) is 18.4 Å². The number of para-hydroxylation sites is 1. The number of amides is 1. The Morgan fingerprint density at radius 3 is 2.83 bits per heavy atom. The Morgan fingerprint density at radius 2 is 2.07 bits per heavy atom. The first-order valence-corrected chi connectivity index (χ1v) is 9.38. The van der Waals surface area contributed by atoms with E-state index >= 15 is 0 Å². The molecule has 0 radical (unpaired) electrons. The number of carboxylic acids is 1. The van der Waals surface area contributed by atoms with Crippen molar-refractivity contribution in [1.29, 1.82) is 0 Å². The highest BCUT2D eigenvalue weighted by atomic mass is 16.5. The van der Waals surface area contributed by atoms with Crippen LogP contribution in [0.25, 0.3) is 11.3 Å². The van der Waals surface area contributed by atoms with Gasteiger partial charge in [-0.15, -0.1) is 0 Å². The minimum atomic E-state index is -0.957. The number of hydrogen-bond donors (Lipinski definition) is 3. The Morgan fingerprint density at radius 1 is 1.28 bits per heavy atom. The quantitative estimate of drug-likeness (QED) is 0.652. The van der Waals surface area contributed by atoms with Crippen molar-refractivity contribution >= 4 is 28.9 Å². The number of carbonyl (C=O) groups excluding carboxylic acids is 1. The molecular formula is C22H22N2O5. The van der Waals surface area contributed by atoms with Crippen LogP contribution in [0, 0.1) is 0 Å². The number of carbonyl (C=O) groups is 2. The predicted molar refractivity (Wildman–Crippen MR) is 108 cm³/mol. The molecule has 4 rings (SSSR count). The van der Waals surface area contributed by atoms with E-state index in [0.717, 1.165) is 27.9 Å². The summed E-state index contributed by atoms with van der Waals surface area (Å²) in [6, 6.07) is 12.5. The topological polar surface area (TPSA) is 96.9 Å². The molecule has 0 unspecified atom stereocenters. The van der Waals surface area contributed by atoms with E-state index in [9.17, 15) is 14.7 Å². The lowest BCUT2D eigenvalue weighted by Gasteiger charge is -2.20. The van der Waals surface area contributed by atoms with Crippen molar-refractivity contribution in [3.63, 3.8) is 0 Å². The molecule has 0 bridgehead atoms. The van der Waals surface area contributed by atoms with Gasteiger partial charge in [0.2, 0.25) is 0 Å². The molecule has 2 aromatic rings. The van der Waals surface area contributed by atoms with Crippen molar-refractivity contribution < 1.29 is 24.2 Å². The molecule has 2 aliphatic heterocycles. The number of ether oxygens (including phenoxy) is 2. The minimum Gasteiger partial charge on any atom is -0.487 e. The van der Waals surface area contributed by atoms with Gasteiger partial charge < -0.3 is 19.9 Å². The molecule has 0 saturated heterocycles. The normalized spacial score (nSPS) is 19.2. The zero-order valence-corrected chi connectivity index (χ0v) is 16.2. The van der Waals surface area contributed by atoms with Crippen molar-refractivity contribution in [2.24, 2.45) is 0 Å². The smallest absolute Gasteiger partial charge is 0.323 e. The second kappa shape index (κ2) is 7.69. The average molecular weight is 394 g/mol. The van der Waals surface area contributed by atoms with Crippen LogP contribution in [0.15, 0.2) is 42.5 Å². The summed E-state index contributed by atoms with van der Waals surface area (Å²) in [6.45, 7) is 2.47. The number of methoxy groups -OCH3 is 1. The van der Waals surface area contributed by atoms with Gasteiger partial charge in [0, 0.05) is 36.0 Å². The monoisotopic (exact) mass is 394 g/mol. The number of anilines is 1. The van der Waals surface area contributed by atoms with E-state index in [2.05, 4.69) is 10.6 Å². The van der Waals surface area contributed by atoms with Gasteiger partial charge in [0.15, 0.2) is 0 Å². The largest absolute Gasteiger partial charge is 0.487 e. The van der Waals surface area contributed by atoms with Crippen LogP contribution in [0.3, 0.4) is 0 Å². The van der Waals surface area contributed by atoms with Gasteiger partial charge in [-0.1, -0.05) is 36.4 Å². The Kier molecular flexibility index (Phi) is 5.08. The zero-order chi connectivity index (χ0) is 20.5. The Labute approximate surface area is 168 Å². The predicted octanol–water partition coefficient (Wildman–Crippen LogP) is 2.61. The molecule has 7 heteroatoms. The molecule has 150 valence electrons. The van der Waals surface area contributed by atoms with Crippen LogP contribution in [-0.2, 0) is 32.2 Å². The Bertz CT molecular complexity index is 1010. The van der Waals surface area contributed by atoms with Crippen LogP contribution in [0.1, 0.15) is 29.2 Å². The Balaban J connectivity index is 1.59. The molecule has 29 heavy (non-hydrogen) atoms. The molecule has 3 N–H and O–H groups in total. The number of rotatable bonds is 6.